The van der Waals surface area contributed by atoms with E-state index in [0.717, 1.165) is 25.7 Å². The average Bonchev–Trinajstić information content (AvgIpc) is 3.07. The van der Waals surface area contributed by atoms with Gasteiger partial charge in [-0.05, 0) is 24.8 Å². The third kappa shape index (κ3) is 4.66. The van der Waals surface area contributed by atoms with E-state index in [4.69, 9.17) is 0 Å². The Labute approximate surface area is 135 Å². The minimum absolute atomic E-state index is 0.00222. The van der Waals surface area contributed by atoms with Crippen molar-refractivity contribution >= 4 is 17.3 Å². The molecule has 0 radical (unpaired) electrons. The van der Waals surface area contributed by atoms with Crippen molar-refractivity contribution in [2.75, 3.05) is 25.0 Å². The lowest BCUT2D eigenvalue weighted by Crippen LogP contribution is -2.40. The number of para-hydroxylation sites is 2. The number of carbonyl (C=O) groups is 1. The molecular formula is C16H23N3O4. The van der Waals surface area contributed by atoms with E-state index in [9.17, 15) is 20.0 Å². The molecule has 7 heteroatoms. The smallest absolute Gasteiger partial charge is 0.292 e. The van der Waals surface area contributed by atoms with Crippen LogP contribution in [0.3, 0.4) is 0 Å². The maximum Gasteiger partial charge on any atom is 0.292 e. The second-order valence-electron chi connectivity index (χ2n) is 6.02. The minimum Gasteiger partial charge on any atom is -0.391 e. The summed E-state index contributed by atoms with van der Waals surface area (Å²) in [6, 6.07) is 6.31. The molecule has 23 heavy (non-hydrogen) atoms. The summed E-state index contributed by atoms with van der Waals surface area (Å²) in [6.45, 7) is 0.233. The standard InChI is InChI=1S/C16H23N3O4/c1-18(13-8-4-5-9-14(13)19(22)23)11-16(21)17-10-15(20)12-6-2-3-7-12/h4-5,8-9,12,15,20H,2-3,6-7,10-11H2,1H3,(H,17,21). The Hall–Kier alpha value is -2.15. The van der Waals surface area contributed by atoms with Gasteiger partial charge < -0.3 is 15.3 Å². The number of likely N-dealkylation sites (N-methyl/N-ethyl adjacent to an activating group) is 1. The number of aliphatic hydroxyl groups is 1. The van der Waals surface area contributed by atoms with Gasteiger partial charge in [0.05, 0.1) is 17.6 Å². The Bertz CT molecular complexity index is 558. The topological polar surface area (TPSA) is 95.7 Å². The first kappa shape index (κ1) is 17.2. The fourth-order valence-electron chi connectivity index (χ4n) is 3.03. The third-order valence-corrected chi connectivity index (χ3v) is 4.32. The van der Waals surface area contributed by atoms with Gasteiger partial charge in [-0.1, -0.05) is 25.0 Å². The second kappa shape index (κ2) is 7.92. The first-order chi connectivity index (χ1) is 11.0. The van der Waals surface area contributed by atoms with Gasteiger partial charge in [0, 0.05) is 19.7 Å². The van der Waals surface area contributed by atoms with Gasteiger partial charge in [-0.25, -0.2) is 0 Å². The normalized spacial score (nSPS) is 16.1. The van der Waals surface area contributed by atoms with Crippen molar-refractivity contribution in [1.82, 2.24) is 5.32 Å². The van der Waals surface area contributed by atoms with Crippen molar-refractivity contribution in [1.29, 1.82) is 0 Å². The highest BCUT2D eigenvalue weighted by Gasteiger charge is 2.24. The van der Waals surface area contributed by atoms with Gasteiger partial charge in [0.1, 0.15) is 5.69 Å². The molecule has 1 saturated carbocycles. The van der Waals surface area contributed by atoms with Gasteiger partial charge in [0.15, 0.2) is 0 Å². The van der Waals surface area contributed by atoms with Crippen LogP contribution in [0.1, 0.15) is 25.7 Å². The first-order valence-electron chi connectivity index (χ1n) is 7.88. The number of hydrogen-bond acceptors (Lipinski definition) is 5. The van der Waals surface area contributed by atoms with E-state index in [2.05, 4.69) is 5.32 Å². The molecule has 0 spiro atoms. The summed E-state index contributed by atoms with van der Waals surface area (Å²) in [4.78, 5) is 24.1. The predicted molar refractivity (Wildman–Crippen MR) is 87.3 cm³/mol. The summed E-state index contributed by atoms with van der Waals surface area (Å²) in [5.41, 5.74) is 0.359. The van der Waals surface area contributed by atoms with Crippen LogP contribution in [0.15, 0.2) is 24.3 Å². The molecule has 1 aromatic rings. The van der Waals surface area contributed by atoms with Gasteiger partial charge in [-0.2, -0.15) is 0 Å². The van der Waals surface area contributed by atoms with Crippen LogP contribution in [-0.2, 0) is 4.79 Å². The molecule has 1 aromatic carbocycles. The fraction of sp³-hybridized carbons (Fsp3) is 0.562. The summed E-state index contributed by atoms with van der Waals surface area (Å²) >= 11 is 0. The van der Waals surface area contributed by atoms with Gasteiger partial charge in [-0.3, -0.25) is 14.9 Å². The lowest BCUT2D eigenvalue weighted by atomic mass is 10.0. The Morgan fingerprint density at radius 2 is 2.09 bits per heavy atom. The predicted octanol–water partition coefficient (Wildman–Crippen LogP) is 1.70. The molecule has 0 aliphatic heterocycles. The zero-order chi connectivity index (χ0) is 16.8. The number of rotatable bonds is 7. The molecule has 0 saturated heterocycles. The number of carbonyl (C=O) groups excluding carboxylic acids is 1. The molecule has 1 aliphatic carbocycles. The van der Waals surface area contributed by atoms with Crippen LogP contribution in [0.4, 0.5) is 11.4 Å². The second-order valence-corrected chi connectivity index (χ2v) is 6.02. The van der Waals surface area contributed by atoms with Crippen molar-refractivity contribution in [2.45, 2.75) is 31.8 Å². The van der Waals surface area contributed by atoms with Gasteiger partial charge in [0.25, 0.3) is 5.69 Å². The van der Waals surface area contributed by atoms with Crippen LogP contribution in [-0.4, -0.2) is 42.2 Å². The number of benzene rings is 1. The lowest BCUT2D eigenvalue weighted by molar-refractivity contribution is -0.384. The highest BCUT2D eigenvalue weighted by atomic mass is 16.6. The van der Waals surface area contributed by atoms with Crippen LogP contribution in [0.2, 0.25) is 0 Å². The lowest BCUT2D eigenvalue weighted by Gasteiger charge is -2.21. The molecular weight excluding hydrogens is 298 g/mol. The zero-order valence-corrected chi connectivity index (χ0v) is 13.3. The quantitative estimate of drug-likeness (QED) is 0.588. The van der Waals surface area contributed by atoms with Gasteiger partial charge in [0.2, 0.25) is 5.91 Å². The first-order valence-corrected chi connectivity index (χ1v) is 7.88. The van der Waals surface area contributed by atoms with Crippen molar-refractivity contribution in [3.63, 3.8) is 0 Å². The van der Waals surface area contributed by atoms with Crippen LogP contribution in [0.5, 0.6) is 0 Å². The van der Waals surface area contributed by atoms with Crippen LogP contribution in [0, 0.1) is 16.0 Å². The Kier molecular flexibility index (Phi) is 5.92. The molecule has 1 fully saturated rings. The molecule has 2 N–H and O–H groups in total. The maximum atomic E-state index is 12.0. The number of nitrogens with one attached hydrogen (secondary N) is 1. The van der Waals surface area contributed by atoms with E-state index in [1.54, 1.807) is 25.2 Å². The number of aliphatic hydroxyl groups excluding tert-OH is 1. The Morgan fingerprint density at radius 3 is 2.74 bits per heavy atom. The van der Waals surface area contributed by atoms with Crippen molar-refractivity contribution in [3.05, 3.63) is 34.4 Å². The van der Waals surface area contributed by atoms with Gasteiger partial charge in [-0.15, -0.1) is 0 Å². The van der Waals surface area contributed by atoms with Gasteiger partial charge >= 0.3 is 0 Å². The number of hydrogen-bond donors (Lipinski definition) is 2. The zero-order valence-electron chi connectivity index (χ0n) is 13.3. The maximum absolute atomic E-state index is 12.0. The van der Waals surface area contributed by atoms with Crippen molar-refractivity contribution < 1.29 is 14.8 Å². The van der Waals surface area contributed by atoms with E-state index >= 15 is 0 Å². The molecule has 1 atom stereocenters. The number of anilines is 1. The van der Waals surface area contributed by atoms with E-state index in [0.29, 0.717) is 5.69 Å². The molecule has 7 nitrogen and oxygen atoms in total. The number of nitro benzene ring substituents is 1. The summed E-state index contributed by atoms with van der Waals surface area (Å²) in [5, 5.41) is 23.8. The van der Waals surface area contributed by atoms with Crippen LogP contribution in [0.25, 0.3) is 0 Å². The summed E-state index contributed by atoms with van der Waals surface area (Å²) in [5.74, 6) is 0.00550. The molecule has 2 rings (SSSR count). The van der Waals surface area contributed by atoms with E-state index < -0.39 is 11.0 Å². The number of nitrogens with zero attached hydrogens (tertiary/aromatic N) is 2. The SMILES string of the molecule is CN(CC(=O)NCC(O)C1CCCC1)c1ccccc1[N+](=O)[O-]. The fourth-order valence-corrected chi connectivity index (χ4v) is 3.03. The molecule has 0 aromatic heterocycles. The average molecular weight is 321 g/mol. The van der Waals surface area contributed by atoms with E-state index in [1.165, 1.54) is 11.0 Å². The molecule has 126 valence electrons. The third-order valence-electron chi connectivity index (χ3n) is 4.32. The Balaban J connectivity index is 1.86. The summed E-state index contributed by atoms with van der Waals surface area (Å²) in [7, 11) is 1.63. The highest BCUT2D eigenvalue weighted by Crippen LogP contribution is 2.28. The monoisotopic (exact) mass is 321 g/mol. The van der Waals surface area contributed by atoms with Crippen molar-refractivity contribution in [3.8, 4) is 0 Å². The number of nitro groups is 1. The molecule has 0 heterocycles. The molecule has 1 unspecified atom stereocenters. The minimum atomic E-state index is -0.516. The summed E-state index contributed by atoms with van der Waals surface area (Å²) in [6.07, 6.45) is 3.77. The molecule has 1 amide bonds. The van der Waals surface area contributed by atoms with Crippen LogP contribution >= 0.6 is 0 Å². The number of amides is 1. The Morgan fingerprint density at radius 1 is 1.43 bits per heavy atom. The highest BCUT2D eigenvalue weighted by molar-refractivity contribution is 5.82. The van der Waals surface area contributed by atoms with E-state index in [1.807, 2.05) is 0 Å². The van der Waals surface area contributed by atoms with Crippen molar-refractivity contribution in [2.24, 2.45) is 5.92 Å². The largest absolute Gasteiger partial charge is 0.391 e. The molecule has 0 bridgehead atoms. The van der Waals surface area contributed by atoms with Crippen LogP contribution < -0.4 is 10.2 Å². The molecule has 1 aliphatic rings. The van der Waals surface area contributed by atoms with E-state index in [-0.39, 0.29) is 30.6 Å². The summed E-state index contributed by atoms with van der Waals surface area (Å²) < 4.78 is 0.